The van der Waals surface area contributed by atoms with Crippen LogP contribution >= 0.6 is 0 Å². The van der Waals surface area contributed by atoms with Crippen molar-refractivity contribution in [2.45, 2.75) is 37.4 Å². The molecule has 0 heterocycles. The van der Waals surface area contributed by atoms with Crippen LogP contribution in [0.3, 0.4) is 0 Å². The molecule has 0 rings (SSSR count). The minimum atomic E-state index is -4.80. The van der Waals surface area contributed by atoms with E-state index in [-0.39, 0.29) is 56.0 Å². The molecular formula is C12H22NaO9S. The zero-order valence-electron chi connectivity index (χ0n) is 13.1. The van der Waals surface area contributed by atoms with Crippen molar-refractivity contribution in [3.63, 3.8) is 0 Å². The summed E-state index contributed by atoms with van der Waals surface area (Å²) in [5.41, 5.74) is 0. The number of hydrogen-bond acceptors (Lipinski definition) is 8. The Morgan fingerprint density at radius 2 is 1.39 bits per heavy atom. The van der Waals surface area contributed by atoms with Crippen LogP contribution in [0.25, 0.3) is 0 Å². The molecule has 0 aromatic rings. The van der Waals surface area contributed by atoms with Crippen LogP contribution in [-0.2, 0) is 29.2 Å². The summed E-state index contributed by atoms with van der Waals surface area (Å²) in [6, 6.07) is 0. The SMILES string of the molecule is O=C(CC(C(=O)OCCCCO)S(=O)(=O)O)OCCCCO.[Na]. The number of hydrogen-bond donors (Lipinski definition) is 3. The van der Waals surface area contributed by atoms with Gasteiger partial charge >= 0.3 is 11.9 Å². The first-order chi connectivity index (χ1) is 10.3. The number of carbonyl (C=O) groups is 2. The van der Waals surface area contributed by atoms with Gasteiger partial charge in [-0.1, -0.05) is 0 Å². The summed E-state index contributed by atoms with van der Waals surface area (Å²) in [4.78, 5) is 23.0. The summed E-state index contributed by atoms with van der Waals surface area (Å²) in [6.07, 6.45) is 0.659. The molecule has 0 spiro atoms. The fraction of sp³-hybridized carbons (Fsp3) is 0.833. The molecule has 0 amide bonds. The molecule has 3 N–H and O–H groups in total. The number of rotatable bonds is 12. The minimum Gasteiger partial charge on any atom is -0.466 e. The quantitative estimate of drug-likeness (QED) is 0.169. The zero-order valence-corrected chi connectivity index (χ0v) is 16.0. The Morgan fingerprint density at radius 1 is 0.913 bits per heavy atom. The first-order valence-corrected chi connectivity index (χ1v) is 8.33. The van der Waals surface area contributed by atoms with Crippen molar-refractivity contribution in [3.05, 3.63) is 0 Å². The summed E-state index contributed by atoms with van der Waals surface area (Å²) in [5.74, 6) is -2.21. The number of aliphatic hydroxyl groups is 2. The number of unbranched alkanes of at least 4 members (excludes halogenated alkanes) is 2. The molecular weight excluding hydrogens is 343 g/mol. The second-order valence-electron chi connectivity index (χ2n) is 4.46. The number of ether oxygens (including phenoxy) is 2. The van der Waals surface area contributed by atoms with Crippen LogP contribution in [0.2, 0.25) is 0 Å². The smallest absolute Gasteiger partial charge is 0.327 e. The molecule has 0 bridgehead atoms. The summed E-state index contributed by atoms with van der Waals surface area (Å²) in [7, 11) is -4.80. The molecule has 1 atom stereocenters. The topological polar surface area (TPSA) is 147 Å². The zero-order chi connectivity index (χ0) is 17.0. The molecule has 131 valence electrons. The number of carbonyl (C=O) groups excluding carboxylic acids is 2. The van der Waals surface area contributed by atoms with Crippen LogP contribution in [0.4, 0.5) is 0 Å². The van der Waals surface area contributed by atoms with E-state index in [4.69, 9.17) is 19.5 Å². The molecule has 0 aliphatic rings. The minimum absolute atomic E-state index is 0. The van der Waals surface area contributed by atoms with Crippen LogP contribution in [0, 0.1) is 0 Å². The van der Waals surface area contributed by atoms with Gasteiger partial charge < -0.3 is 19.7 Å². The summed E-state index contributed by atoms with van der Waals surface area (Å²) in [5, 5.41) is 15.1. The van der Waals surface area contributed by atoms with Crippen molar-refractivity contribution in [1.82, 2.24) is 0 Å². The molecule has 0 aromatic carbocycles. The first-order valence-electron chi connectivity index (χ1n) is 6.83. The normalized spacial score (nSPS) is 12.1. The Balaban J connectivity index is 0. The van der Waals surface area contributed by atoms with Gasteiger partial charge in [-0.25, -0.2) is 0 Å². The van der Waals surface area contributed by atoms with Crippen molar-refractivity contribution in [3.8, 4) is 0 Å². The van der Waals surface area contributed by atoms with Gasteiger partial charge in [-0.3, -0.25) is 14.1 Å². The predicted octanol–water partition coefficient (Wildman–Crippen LogP) is -1.12. The molecule has 9 nitrogen and oxygen atoms in total. The van der Waals surface area contributed by atoms with Crippen molar-refractivity contribution in [2.24, 2.45) is 0 Å². The average molecular weight is 365 g/mol. The molecule has 0 saturated heterocycles. The Bertz CT molecular complexity index is 438. The fourth-order valence-electron chi connectivity index (χ4n) is 1.40. The largest absolute Gasteiger partial charge is 0.466 e. The van der Waals surface area contributed by atoms with Crippen LogP contribution in [0.1, 0.15) is 32.1 Å². The molecule has 1 unspecified atom stereocenters. The van der Waals surface area contributed by atoms with E-state index in [1.165, 1.54) is 0 Å². The molecule has 0 fully saturated rings. The maximum atomic E-state index is 11.6. The van der Waals surface area contributed by atoms with E-state index in [2.05, 4.69) is 4.74 Å². The van der Waals surface area contributed by atoms with Gasteiger partial charge in [0, 0.05) is 42.8 Å². The van der Waals surface area contributed by atoms with Crippen molar-refractivity contribution < 1.29 is 42.2 Å². The summed E-state index contributed by atoms with van der Waals surface area (Å²) in [6.45, 7) is -0.315. The monoisotopic (exact) mass is 365 g/mol. The second kappa shape index (κ2) is 14.1. The Hall–Kier alpha value is -0.230. The molecule has 0 aromatic heterocycles. The van der Waals surface area contributed by atoms with Gasteiger partial charge in [0.1, 0.15) is 0 Å². The van der Waals surface area contributed by atoms with Gasteiger partial charge in [-0.2, -0.15) is 8.42 Å². The van der Waals surface area contributed by atoms with E-state index in [1.807, 2.05) is 0 Å². The van der Waals surface area contributed by atoms with E-state index in [0.29, 0.717) is 25.7 Å². The van der Waals surface area contributed by atoms with E-state index in [9.17, 15) is 18.0 Å². The Labute approximate surface area is 157 Å². The third-order valence-electron chi connectivity index (χ3n) is 2.59. The average Bonchev–Trinajstić information content (AvgIpc) is 2.44. The van der Waals surface area contributed by atoms with Crippen LogP contribution < -0.4 is 0 Å². The molecule has 1 radical (unpaired) electrons. The molecule has 11 heteroatoms. The van der Waals surface area contributed by atoms with Gasteiger partial charge in [0.2, 0.25) is 0 Å². The van der Waals surface area contributed by atoms with Crippen LogP contribution in [0.15, 0.2) is 0 Å². The van der Waals surface area contributed by atoms with Crippen molar-refractivity contribution >= 4 is 51.6 Å². The van der Waals surface area contributed by atoms with Crippen LogP contribution in [-0.4, -0.2) is 96.4 Å². The van der Waals surface area contributed by atoms with Crippen molar-refractivity contribution in [2.75, 3.05) is 26.4 Å². The third kappa shape index (κ3) is 12.8. The molecule has 0 saturated carbocycles. The van der Waals surface area contributed by atoms with Gasteiger partial charge in [-0.15, -0.1) is 0 Å². The molecule has 0 aliphatic carbocycles. The summed E-state index contributed by atoms with van der Waals surface area (Å²) < 4.78 is 40.6. The standard InChI is InChI=1S/C12H22O9S.Na/c13-5-1-3-7-20-11(15)9-10(22(17,18)19)12(16)21-8-4-2-6-14;/h10,13-14H,1-9H2,(H,17,18,19);. The third-order valence-corrected chi connectivity index (χ3v) is 3.66. The number of aliphatic hydroxyl groups excluding tert-OH is 2. The van der Waals surface area contributed by atoms with Gasteiger partial charge in [-0.05, 0) is 25.7 Å². The van der Waals surface area contributed by atoms with E-state index in [0.717, 1.165) is 0 Å². The number of esters is 2. The second-order valence-corrected chi connectivity index (χ2v) is 6.06. The predicted molar refractivity (Wildman–Crippen MR) is 80.3 cm³/mol. The van der Waals surface area contributed by atoms with E-state index < -0.39 is 33.7 Å². The Kier molecular flexibility index (Phi) is 15.4. The maximum Gasteiger partial charge on any atom is 0.327 e. The maximum absolute atomic E-state index is 11.6. The van der Waals surface area contributed by atoms with E-state index in [1.54, 1.807) is 0 Å². The first kappa shape index (κ1) is 25.0. The van der Waals surface area contributed by atoms with Gasteiger partial charge in [0.05, 0.1) is 19.6 Å². The van der Waals surface area contributed by atoms with E-state index >= 15 is 0 Å². The molecule has 0 aliphatic heterocycles. The van der Waals surface area contributed by atoms with Gasteiger partial charge in [0.25, 0.3) is 10.1 Å². The summed E-state index contributed by atoms with van der Waals surface area (Å²) >= 11 is 0. The molecule has 23 heavy (non-hydrogen) atoms. The van der Waals surface area contributed by atoms with Gasteiger partial charge in [0.15, 0.2) is 5.25 Å². The van der Waals surface area contributed by atoms with Crippen LogP contribution in [0.5, 0.6) is 0 Å². The fourth-order valence-corrected chi connectivity index (χ4v) is 2.06. The van der Waals surface area contributed by atoms with Crippen molar-refractivity contribution in [1.29, 1.82) is 0 Å². The Morgan fingerprint density at radius 3 is 1.83 bits per heavy atom.